The van der Waals surface area contributed by atoms with Gasteiger partial charge in [-0.05, 0) is 59.1 Å². The van der Waals surface area contributed by atoms with Gasteiger partial charge in [0, 0.05) is 21.4 Å². The summed E-state index contributed by atoms with van der Waals surface area (Å²) in [5.41, 5.74) is 2.36. The van der Waals surface area contributed by atoms with E-state index in [0.717, 1.165) is 14.8 Å². The molecule has 0 spiro atoms. The molecular weight excluding hydrogens is 390 g/mol. The first-order valence-corrected chi connectivity index (χ1v) is 7.33. The Morgan fingerprint density at radius 1 is 1.25 bits per heavy atom. The van der Waals surface area contributed by atoms with Crippen LogP contribution in [0.2, 0.25) is 0 Å². The lowest BCUT2D eigenvalue weighted by molar-refractivity contribution is 0.387. The highest BCUT2D eigenvalue weighted by molar-refractivity contribution is 14.1. The average molecular weight is 400 g/mol. The number of rotatable bonds is 2. The number of hydrogen-bond acceptors (Lipinski definition) is 2. The number of nitrogens with zero attached hydrogens (tertiary/aromatic N) is 1. The first-order valence-electron chi connectivity index (χ1n) is 5.84. The van der Waals surface area contributed by atoms with Crippen LogP contribution in [0, 0.1) is 14.2 Å². The van der Waals surface area contributed by atoms with Gasteiger partial charge in [-0.1, -0.05) is 0 Å². The molecule has 0 saturated heterocycles. The van der Waals surface area contributed by atoms with Gasteiger partial charge in [-0.25, -0.2) is 4.39 Å². The van der Waals surface area contributed by atoms with Crippen molar-refractivity contribution in [3.05, 3.63) is 50.6 Å². The van der Waals surface area contributed by atoms with E-state index in [2.05, 4.69) is 27.6 Å². The average Bonchev–Trinajstić information content (AvgIpc) is 2.74. The number of fused-ring (bicyclic) bond motifs is 1. The Kier molecular flexibility index (Phi) is 3.51. The molecule has 0 bridgehead atoms. The molecule has 3 nitrogen and oxygen atoms in total. The van der Waals surface area contributed by atoms with E-state index in [-0.39, 0.29) is 5.75 Å². The lowest BCUT2D eigenvalue weighted by Crippen LogP contribution is -1.95. The van der Waals surface area contributed by atoms with Crippen LogP contribution in [-0.4, -0.2) is 16.7 Å². The summed E-state index contributed by atoms with van der Waals surface area (Å²) < 4.78 is 22.3. The minimum Gasteiger partial charge on any atom is -0.494 e. The van der Waals surface area contributed by atoms with Crippen LogP contribution in [-0.2, 0) is 0 Å². The molecular formula is C14H10FIN2OS. The van der Waals surface area contributed by atoms with Gasteiger partial charge in [-0.3, -0.25) is 4.57 Å². The van der Waals surface area contributed by atoms with E-state index in [9.17, 15) is 4.39 Å². The molecule has 3 aromatic rings. The molecule has 0 radical (unpaired) electrons. The number of methoxy groups -OCH3 is 1. The van der Waals surface area contributed by atoms with Crippen molar-refractivity contribution in [1.29, 1.82) is 0 Å². The number of imidazole rings is 1. The van der Waals surface area contributed by atoms with Crippen LogP contribution in [0.3, 0.4) is 0 Å². The number of aromatic nitrogens is 2. The molecule has 1 aromatic heterocycles. The Bertz CT molecular complexity index is 839. The monoisotopic (exact) mass is 400 g/mol. The van der Waals surface area contributed by atoms with E-state index in [0.29, 0.717) is 10.3 Å². The lowest BCUT2D eigenvalue weighted by atomic mass is 10.2. The van der Waals surface area contributed by atoms with Gasteiger partial charge in [0.15, 0.2) is 16.3 Å². The molecule has 0 aliphatic carbocycles. The molecule has 0 amide bonds. The second kappa shape index (κ2) is 5.17. The minimum absolute atomic E-state index is 0.200. The topological polar surface area (TPSA) is 29.9 Å². The summed E-state index contributed by atoms with van der Waals surface area (Å²) >= 11 is 7.58. The third-order valence-electron chi connectivity index (χ3n) is 3.04. The Morgan fingerprint density at radius 2 is 1.95 bits per heavy atom. The molecule has 0 fully saturated rings. The summed E-state index contributed by atoms with van der Waals surface area (Å²) in [6, 6.07) is 11.0. The molecule has 0 unspecified atom stereocenters. The van der Waals surface area contributed by atoms with Gasteiger partial charge in [-0.15, -0.1) is 0 Å². The van der Waals surface area contributed by atoms with Crippen LogP contribution < -0.4 is 4.74 Å². The largest absolute Gasteiger partial charge is 0.494 e. The number of benzene rings is 2. The summed E-state index contributed by atoms with van der Waals surface area (Å²) in [6.45, 7) is 0. The molecule has 0 aliphatic heterocycles. The van der Waals surface area contributed by atoms with Crippen molar-refractivity contribution in [1.82, 2.24) is 9.55 Å². The summed E-state index contributed by atoms with van der Waals surface area (Å²) in [5, 5.41) is 0. The van der Waals surface area contributed by atoms with Gasteiger partial charge in [0.25, 0.3) is 0 Å². The van der Waals surface area contributed by atoms with E-state index in [4.69, 9.17) is 17.0 Å². The Hall–Kier alpha value is -1.41. The second-order valence-electron chi connectivity index (χ2n) is 4.25. The van der Waals surface area contributed by atoms with Crippen LogP contribution in [0.15, 0.2) is 36.4 Å². The Labute approximate surface area is 133 Å². The zero-order valence-electron chi connectivity index (χ0n) is 10.5. The van der Waals surface area contributed by atoms with Crippen molar-refractivity contribution in [2.24, 2.45) is 0 Å². The van der Waals surface area contributed by atoms with Crippen molar-refractivity contribution in [2.75, 3.05) is 7.11 Å². The van der Waals surface area contributed by atoms with Gasteiger partial charge < -0.3 is 9.72 Å². The van der Waals surface area contributed by atoms with E-state index in [1.54, 1.807) is 6.07 Å². The molecule has 102 valence electrons. The van der Waals surface area contributed by atoms with Crippen LogP contribution >= 0.6 is 34.8 Å². The Balaban J connectivity index is 2.32. The highest BCUT2D eigenvalue weighted by Gasteiger charge is 2.11. The number of hydrogen-bond donors (Lipinski definition) is 1. The van der Waals surface area contributed by atoms with E-state index in [1.807, 2.05) is 28.8 Å². The molecule has 1 N–H and O–H groups in total. The van der Waals surface area contributed by atoms with Crippen LogP contribution in [0.25, 0.3) is 16.7 Å². The maximum atomic E-state index is 13.7. The first-order chi connectivity index (χ1) is 9.60. The highest BCUT2D eigenvalue weighted by atomic mass is 127. The minimum atomic E-state index is -0.411. The second-order valence-corrected chi connectivity index (χ2v) is 5.88. The molecule has 0 atom stereocenters. The first kappa shape index (κ1) is 13.6. The van der Waals surface area contributed by atoms with Crippen LogP contribution in [0.4, 0.5) is 4.39 Å². The van der Waals surface area contributed by atoms with E-state index < -0.39 is 5.82 Å². The molecule has 0 aliphatic rings. The fourth-order valence-electron chi connectivity index (χ4n) is 2.11. The molecule has 3 rings (SSSR count). The highest BCUT2D eigenvalue weighted by Crippen LogP contribution is 2.27. The standard InChI is InChI=1S/C14H10FIN2OS/c1-19-13-7-12-11(6-10(13)15)17-14(20)18(12)9-4-2-8(16)3-5-9/h2-7H,1H3,(H,17,20). The molecule has 20 heavy (non-hydrogen) atoms. The lowest BCUT2D eigenvalue weighted by Gasteiger charge is -2.06. The van der Waals surface area contributed by atoms with E-state index >= 15 is 0 Å². The van der Waals surface area contributed by atoms with Gasteiger partial charge in [-0.2, -0.15) is 0 Å². The quantitative estimate of drug-likeness (QED) is 0.509. The molecule has 0 saturated carbocycles. The Morgan fingerprint density at radius 3 is 2.60 bits per heavy atom. The summed E-state index contributed by atoms with van der Waals surface area (Å²) in [6.07, 6.45) is 0. The van der Waals surface area contributed by atoms with Crippen molar-refractivity contribution in [2.45, 2.75) is 0 Å². The number of ether oxygens (including phenoxy) is 1. The fraction of sp³-hybridized carbons (Fsp3) is 0.0714. The molecule has 2 aromatic carbocycles. The number of halogens is 2. The summed E-state index contributed by atoms with van der Waals surface area (Å²) in [4.78, 5) is 3.01. The normalized spacial score (nSPS) is 10.9. The van der Waals surface area contributed by atoms with Crippen LogP contribution in [0.1, 0.15) is 0 Å². The van der Waals surface area contributed by atoms with E-state index in [1.165, 1.54) is 13.2 Å². The number of H-pyrrole nitrogens is 1. The third kappa shape index (κ3) is 2.22. The maximum absolute atomic E-state index is 13.7. The van der Waals surface area contributed by atoms with Crippen molar-refractivity contribution in [3.63, 3.8) is 0 Å². The molecule has 1 heterocycles. The predicted octanol–water partition coefficient (Wildman–Crippen LogP) is 4.44. The van der Waals surface area contributed by atoms with Crippen molar-refractivity contribution in [3.8, 4) is 11.4 Å². The number of nitrogens with one attached hydrogen (secondary N) is 1. The van der Waals surface area contributed by atoms with Crippen LogP contribution in [0.5, 0.6) is 5.75 Å². The van der Waals surface area contributed by atoms with Gasteiger partial charge in [0.05, 0.1) is 18.1 Å². The summed E-state index contributed by atoms with van der Waals surface area (Å²) in [5.74, 6) is -0.211. The third-order valence-corrected chi connectivity index (χ3v) is 4.04. The van der Waals surface area contributed by atoms with Gasteiger partial charge in [0.1, 0.15) is 0 Å². The smallest absolute Gasteiger partial charge is 0.182 e. The molecule has 6 heteroatoms. The number of aromatic amines is 1. The SMILES string of the molecule is COc1cc2c(cc1F)[nH]c(=S)n2-c1ccc(I)cc1. The van der Waals surface area contributed by atoms with Gasteiger partial charge in [0.2, 0.25) is 0 Å². The zero-order chi connectivity index (χ0) is 14.3. The van der Waals surface area contributed by atoms with Crippen molar-refractivity contribution < 1.29 is 9.13 Å². The fourth-order valence-corrected chi connectivity index (χ4v) is 2.78. The van der Waals surface area contributed by atoms with Crippen molar-refractivity contribution >= 4 is 45.8 Å². The zero-order valence-corrected chi connectivity index (χ0v) is 13.5. The predicted molar refractivity (Wildman–Crippen MR) is 87.7 cm³/mol. The summed E-state index contributed by atoms with van der Waals surface area (Å²) in [7, 11) is 1.45. The van der Waals surface area contributed by atoms with Gasteiger partial charge >= 0.3 is 0 Å². The maximum Gasteiger partial charge on any atom is 0.182 e.